The maximum absolute atomic E-state index is 4.77. The van der Waals surface area contributed by atoms with Gasteiger partial charge in [-0.05, 0) is 38.1 Å². The van der Waals surface area contributed by atoms with Crippen molar-refractivity contribution in [3.05, 3.63) is 0 Å². The first-order valence-electron chi connectivity index (χ1n) is 8.30. The summed E-state index contributed by atoms with van der Waals surface area (Å²) in [5.74, 6) is 1.23. The van der Waals surface area contributed by atoms with Crippen LogP contribution in [0.3, 0.4) is 0 Å². The Labute approximate surface area is 129 Å². The van der Waals surface area contributed by atoms with Crippen LogP contribution in [-0.4, -0.2) is 48.5 Å². The molecule has 2 rings (SSSR count). The van der Waals surface area contributed by atoms with E-state index < -0.39 is 0 Å². The van der Waals surface area contributed by atoms with E-state index in [2.05, 4.69) is 31.1 Å². The van der Waals surface area contributed by atoms with Gasteiger partial charge in [0.05, 0.1) is 0 Å². The van der Waals surface area contributed by atoms with Crippen LogP contribution in [0.1, 0.15) is 52.4 Å². The third kappa shape index (κ3) is 4.14. The van der Waals surface area contributed by atoms with Crippen molar-refractivity contribution in [1.29, 1.82) is 0 Å². The van der Waals surface area contributed by atoms with E-state index in [9.17, 15) is 0 Å². The molecule has 1 aliphatic heterocycles. The van der Waals surface area contributed by atoms with Crippen molar-refractivity contribution in [1.82, 2.24) is 10.2 Å². The van der Waals surface area contributed by atoms with Gasteiger partial charge in [-0.15, -0.1) is 0 Å². The Balaban J connectivity index is 1.68. The van der Waals surface area contributed by atoms with E-state index in [4.69, 9.17) is 4.99 Å². The Morgan fingerprint density at radius 1 is 1.30 bits per heavy atom. The van der Waals surface area contributed by atoms with Crippen LogP contribution in [0.15, 0.2) is 4.99 Å². The molecule has 0 aromatic rings. The smallest absolute Gasteiger partial charge is 0.156 e. The SMILES string of the molecule is CCC1(CC)CN=C(NCCN(C)C2CCCC2)SC1. The van der Waals surface area contributed by atoms with Crippen LogP contribution in [0.2, 0.25) is 0 Å². The minimum absolute atomic E-state index is 0.455. The highest BCUT2D eigenvalue weighted by atomic mass is 32.2. The standard InChI is InChI=1S/C16H31N3S/c1-4-16(5-2)12-18-15(20-13-16)17-10-11-19(3)14-8-6-7-9-14/h14H,4-13H2,1-3H3,(H,17,18). The van der Waals surface area contributed by atoms with Gasteiger partial charge in [0, 0.05) is 31.4 Å². The second kappa shape index (κ2) is 7.69. The van der Waals surface area contributed by atoms with Crippen LogP contribution >= 0.6 is 11.8 Å². The molecule has 4 heteroatoms. The van der Waals surface area contributed by atoms with Crippen molar-refractivity contribution in [3.8, 4) is 0 Å². The average Bonchev–Trinajstić information content (AvgIpc) is 3.02. The first-order chi connectivity index (χ1) is 9.69. The van der Waals surface area contributed by atoms with Gasteiger partial charge in [0.1, 0.15) is 0 Å². The number of hydrogen-bond acceptors (Lipinski definition) is 4. The van der Waals surface area contributed by atoms with E-state index in [0.29, 0.717) is 5.41 Å². The summed E-state index contributed by atoms with van der Waals surface area (Å²) in [5.41, 5.74) is 0.455. The molecule has 1 saturated carbocycles. The van der Waals surface area contributed by atoms with Crippen LogP contribution in [0.4, 0.5) is 0 Å². The van der Waals surface area contributed by atoms with Crippen LogP contribution in [-0.2, 0) is 0 Å². The summed E-state index contributed by atoms with van der Waals surface area (Å²) in [6.45, 7) is 7.78. The van der Waals surface area contributed by atoms with E-state index in [1.165, 1.54) is 49.4 Å². The van der Waals surface area contributed by atoms with Gasteiger partial charge >= 0.3 is 0 Å². The molecule has 1 N–H and O–H groups in total. The zero-order valence-corrected chi connectivity index (χ0v) is 14.3. The lowest BCUT2D eigenvalue weighted by Crippen LogP contribution is -2.39. The fourth-order valence-electron chi connectivity index (χ4n) is 3.20. The zero-order valence-electron chi connectivity index (χ0n) is 13.5. The quantitative estimate of drug-likeness (QED) is 0.814. The van der Waals surface area contributed by atoms with Gasteiger partial charge in [0.2, 0.25) is 0 Å². The molecule has 0 aromatic carbocycles. The summed E-state index contributed by atoms with van der Waals surface area (Å²) in [6.07, 6.45) is 8.11. The third-order valence-electron chi connectivity index (χ3n) is 5.26. The summed E-state index contributed by atoms with van der Waals surface area (Å²) in [7, 11) is 2.27. The Kier molecular flexibility index (Phi) is 6.21. The molecule has 0 unspecified atom stereocenters. The van der Waals surface area contributed by atoms with Crippen molar-refractivity contribution in [2.24, 2.45) is 10.4 Å². The predicted molar refractivity (Wildman–Crippen MR) is 90.7 cm³/mol. The molecule has 0 amide bonds. The normalized spacial score (nSPS) is 23.1. The Morgan fingerprint density at radius 2 is 2.00 bits per heavy atom. The van der Waals surface area contributed by atoms with E-state index in [1.54, 1.807) is 0 Å². The number of thioether (sulfide) groups is 1. The fourth-order valence-corrected chi connectivity index (χ4v) is 4.51. The molecule has 1 fully saturated rings. The van der Waals surface area contributed by atoms with Gasteiger partial charge in [-0.1, -0.05) is 38.5 Å². The second-order valence-electron chi connectivity index (χ2n) is 6.46. The highest BCUT2D eigenvalue weighted by molar-refractivity contribution is 8.13. The highest BCUT2D eigenvalue weighted by Crippen LogP contribution is 2.34. The average molecular weight is 298 g/mol. The maximum atomic E-state index is 4.77. The first-order valence-corrected chi connectivity index (χ1v) is 9.29. The third-order valence-corrected chi connectivity index (χ3v) is 6.57. The van der Waals surface area contributed by atoms with Crippen LogP contribution in [0.25, 0.3) is 0 Å². The van der Waals surface area contributed by atoms with Crippen molar-refractivity contribution >= 4 is 16.9 Å². The summed E-state index contributed by atoms with van der Waals surface area (Å²) in [5, 5.41) is 4.70. The molecule has 0 aromatic heterocycles. The number of amidine groups is 1. The highest BCUT2D eigenvalue weighted by Gasteiger charge is 2.30. The minimum atomic E-state index is 0.455. The zero-order chi connectivity index (χ0) is 14.4. The van der Waals surface area contributed by atoms with Gasteiger partial charge in [-0.25, -0.2) is 0 Å². The van der Waals surface area contributed by atoms with Gasteiger partial charge in [-0.3, -0.25) is 4.99 Å². The van der Waals surface area contributed by atoms with E-state index >= 15 is 0 Å². The molecular formula is C16H31N3S. The van der Waals surface area contributed by atoms with Gasteiger partial charge in [0.15, 0.2) is 5.17 Å². The molecule has 0 saturated heterocycles. The number of nitrogens with zero attached hydrogens (tertiary/aromatic N) is 2. The molecule has 0 atom stereocenters. The molecule has 0 spiro atoms. The Morgan fingerprint density at radius 3 is 2.55 bits per heavy atom. The van der Waals surface area contributed by atoms with Crippen molar-refractivity contribution in [2.45, 2.75) is 58.4 Å². The predicted octanol–water partition coefficient (Wildman–Crippen LogP) is 3.36. The van der Waals surface area contributed by atoms with Crippen molar-refractivity contribution in [2.75, 3.05) is 32.4 Å². The Hall–Kier alpha value is -0.220. The van der Waals surface area contributed by atoms with E-state index in [-0.39, 0.29) is 0 Å². The topological polar surface area (TPSA) is 27.6 Å². The second-order valence-corrected chi connectivity index (χ2v) is 7.43. The van der Waals surface area contributed by atoms with Gasteiger partial charge in [0.25, 0.3) is 0 Å². The molecule has 116 valence electrons. The number of hydrogen-bond donors (Lipinski definition) is 1. The van der Waals surface area contributed by atoms with Crippen LogP contribution in [0.5, 0.6) is 0 Å². The van der Waals surface area contributed by atoms with E-state index in [1.807, 2.05) is 11.8 Å². The molecule has 3 nitrogen and oxygen atoms in total. The molecule has 1 aliphatic carbocycles. The molecule has 0 radical (unpaired) electrons. The first kappa shape index (κ1) is 16.2. The molecule has 1 heterocycles. The number of aliphatic imine (C=N–C) groups is 1. The summed E-state index contributed by atoms with van der Waals surface area (Å²) < 4.78 is 0. The number of nitrogens with one attached hydrogen (secondary N) is 1. The lowest BCUT2D eigenvalue weighted by molar-refractivity contribution is 0.249. The molecule has 2 aliphatic rings. The number of rotatable bonds is 6. The van der Waals surface area contributed by atoms with Crippen molar-refractivity contribution < 1.29 is 0 Å². The molecular weight excluding hydrogens is 266 g/mol. The maximum Gasteiger partial charge on any atom is 0.156 e. The summed E-state index contributed by atoms with van der Waals surface area (Å²) >= 11 is 1.92. The van der Waals surface area contributed by atoms with E-state index in [0.717, 1.165) is 25.7 Å². The summed E-state index contributed by atoms with van der Waals surface area (Å²) in [6, 6.07) is 0.825. The number of likely N-dealkylation sites (N-methyl/N-ethyl adjacent to an activating group) is 1. The lowest BCUT2D eigenvalue weighted by Gasteiger charge is -2.33. The molecule has 20 heavy (non-hydrogen) atoms. The van der Waals surface area contributed by atoms with Crippen LogP contribution < -0.4 is 5.32 Å². The van der Waals surface area contributed by atoms with Crippen LogP contribution in [0, 0.1) is 5.41 Å². The monoisotopic (exact) mass is 297 g/mol. The lowest BCUT2D eigenvalue weighted by atomic mass is 9.84. The minimum Gasteiger partial charge on any atom is -0.364 e. The molecule has 0 bridgehead atoms. The fraction of sp³-hybridized carbons (Fsp3) is 0.938. The van der Waals surface area contributed by atoms with Crippen molar-refractivity contribution in [3.63, 3.8) is 0 Å². The Bertz CT molecular complexity index is 320. The summed E-state index contributed by atoms with van der Waals surface area (Å²) in [4.78, 5) is 7.29. The van der Waals surface area contributed by atoms with Gasteiger partial charge in [-0.2, -0.15) is 0 Å². The largest absolute Gasteiger partial charge is 0.364 e. The van der Waals surface area contributed by atoms with Gasteiger partial charge < -0.3 is 10.2 Å².